The summed E-state index contributed by atoms with van der Waals surface area (Å²) >= 11 is 0. The summed E-state index contributed by atoms with van der Waals surface area (Å²) in [6, 6.07) is 12.5. The maximum Gasteiger partial charge on any atom is 0.416 e. The van der Waals surface area contributed by atoms with Gasteiger partial charge in [0.15, 0.2) is 5.76 Å². The van der Waals surface area contributed by atoms with Gasteiger partial charge in [0.25, 0.3) is 0 Å². The molecule has 0 amide bonds. The third-order valence-corrected chi connectivity index (χ3v) is 4.87. The highest BCUT2D eigenvalue weighted by molar-refractivity contribution is 5.76. The number of carboxylic acid groups (broad SMARTS) is 1. The molecule has 1 fully saturated rings. The summed E-state index contributed by atoms with van der Waals surface area (Å²) in [6.45, 7) is 0.356. The van der Waals surface area contributed by atoms with Crippen molar-refractivity contribution >= 4 is 5.97 Å². The number of hydrogen-bond acceptors (Lipinski definition) is 6. The molecule has 1 aromatic heterocycles. The molecule has 10 heteroatoms. The molecular formula is C22H18F3NO6. The number of aliphatic carboxylic acids is 1. The number of ether oxygens (including phenoxy) is 3. The summed E-state index contributed by atoms with van der Waals surface area (Å²) in [5.74, 6) is -1.67. The molecule has 2 aromatic carbocycles. The van der Waals surface area contributed by atoms with Crippen molar-refractivity contribution in [2.24, 2.45) is 0 Å². The van der Waals surface area contributed by atoms with Crippen molar-refractivity contribution in [3.63, 3.8) is 0 Å². The van der Waals surface area contributed by atoms with Gasteiger partial charge in [0.05, 0.1) is 12.2 Å². The quantitative estimate of drug-likeness (QED) is 0.548. The zero-order valence-electron chi connectivity index (χ0n) is 16.6. The molecule has 2 heterocycles. The third-order valence-electron chi connectivity index (χ3n) is 4.87. The van der Waals surface area contributed by atoms with Crippen LogP contribution in [0, 0.1) is 0 Å². The summed E-state index contributed by atoms with van der Waals surface area (Å²) in [6.07, 6.45) is -3.55. The van der Waals surface area contributed by atoms with Gasteiger partial charge in [-0.1, -0.05) is 17.3 Å². The van der Waals surface area contributed by atoms with E-state index in [1.807, 2.05) is 0 Å². The molecule has 0 radical (unpaired) electrons. The summed E-state index contributed by atoms with van der Waals surface area (Å²) < 4.78 is 59.7. The van der Waals surface area contributed by atoms with E-state index in [-0.39, 0.29) is 13.0 Å². The van der Waals surface area contributed by atoms with Crippen molar-refractivity contribution in [2.45, 2.75) is 31.4 Å². The van der Waals surface area contributed by atoms with Crippen molar-refractivity contribution in [2.75, 3.05) is 6.61 Å². The fourth-order valence-corrected chi connectivity index (χ4v) is 3.20. The lowest BCUT2D eigenvalue weighted by molar-refractivity contribution is -0.197. The highest BCUT2D eigenvalue weighted by atomic mass is 19.4. The van der Waals surface area contributed by atoms with Gasteiger partial charge < -0.3 is 23.8 Å². The molecule has 1 aliphatic heterocycles. The highest BCUT2D eigenvalue weighted by Gasteiger charge is 2.46. The maximum absolute atomic E-state index is 12.7. The lowest BCUT2D eigenvalue weighted by atomic mass is 10.1. The Morgan fingerprint density at radius 2 is 1.78 bits per heavy atom. The van der Waals surface area contributed by atoms with E-state index in [2.05, 4.69) is 5.16 Å². The van der Waals surface area contributed by atoms with Gasteiger partial charge >= 0.3 is 17.9 Å². The van der Waals surface area contributed by atoms with Gasteiger partial charge in [-0.15, -0.1) is 0 Å². The molecule has 168 valence electrons. The van der Waals surface area contributed by atoms with Crippen LogP contribution in [-0.2, 0) is 22.3 Å². The average Bonchev–Trinajstić information content (AvgIpc) is 3.43. The summed E-state index contributed by atoms with van der Waals surface area (Å²) in [7, 11) is 0. The fourth-order valence-electron chi connectivity index (χ4n) is 3.20. The number of halogens is 3. The van der Waals surface area contributed by atoms with Crippen LogP contribution in [0.1, 0.15) is 24.2 Å². The second-order valence-electron chi connectivity index (χ2n) is 7.13. The van der Waals surface area contributed by atoms with E-state index < -0.39 is 23.5 Å². The van der Waals surface area contributed by atoms with Crippen LogP contribution in [0.15, 0.2) is 59.1 Å². The summed E-state index contributed by atoms with van der Waals surface area (Å²) in [5, 5.41) is 13.2. The van der Waals surface area contributed by atoms with Crippen LogP contribution in [-0.4, -0.2) is 28.6 Å². The molecule has 1 atom stereocenters. The topological polar surface area (TPSA) is 91.0 Å². The van der Waals surface area contributed by atoms with E-state index in [1.54, 1.807) is 30.3 Å². The summed E-state index contributed by atoms with van der Waals surface area (Å²) in [4.78, 5) is 11.5. The smallest absolute Gasteiger partial charge is 0.416 e. The van der Waals surface area contributed by atoms with E-state index in [9.17, 15) is 23.1 Å². The van der Waals surface area contributed by atoms with Crippen LogP contribution >= 0.6 is 0 Å². The number of carbonyl (C=O) groups is 1. The highest BCUT2D eigenvalue weighted by Crippen LogP contribution is 2.32. The first-order valence-corrected chi connectivity index (χ1v) is 9.68. The Balaban J connectivity index is 1.35. The predicted octanol–water partition coefficient (Wildman–Crippen LogP) is 4.91. The Kier molecular flexibility index (Phi) is 5.79. The second-order valence-corrected chi connectivity index (χ2v) is 7.13. The van der Waals surface area contributed by atoms with Gasteiger partial charge in [0, 0.05) is 18.1 Å². The first kappa shape index (κ1) is 21.7. The number of rotatable bonds is 7. The van der Waals surface area contributed by atoms with E-state index in [4.69, 9.17) is 18.7 Å². The SMILES string of the molecule is O=C(O)C1(Oc2ccc(OCc3cc(-c4ccc(C(F)(F)F)cc4)no3)cc2)CCCO1. The van der Waals surface area contributed by atoms with E-state index in [1.165, 1.54) is 12.1 Å². The zero-order chi connectivity index (χ0) is 22.8. The van der Waals surface area contributed by atoms with Crippen LogP contribution in [0.5, 0.6) is 11.5 Å². The minimum Gasteiger partial charge on any atom is -0.486 e. The normalized spacial score (nSPS) is 18.5. The molecule has 1 aliphatic rings. The number of carboxylic acids is 1. The number of alkyl halides is 3. The third kappa shape index (κ3) is 4.70. The first-order chi connectivity index (χ1) is 15.2. The van der Waals surface area contributed by atoms with Crippen LogP contribution in [0.4, 0.5) is 13.2 Å². The Morgan fingerprint density at radius 1 is 1.09 bits per heavy atom. The lowest BCUT2D eigenvalue weighted by Crippen LogP contribution is -2.43. The largest absolute Gasteiger partial charge is 0.486 e. The van der Waals surface area contributed by atoms with Crippen molar-refractivity contribution in [1.82, 2.24) is 5.16 Å². The molecule has 1 unspecified atom stereocenters. The average molecular weight is 449 g/mol. The maximum atomic E-state index is 12.7. The molecular weight excluding hydrogens is 431 g/mol. The lowest BCUT2D eigenvalue weighted by Gasteiger charge is -2.24. The van der Waals surface area contributed by atoms with Crippen molar-refractivity contribution in [1.29, 1.82) is 0 Å². The Morgan fingerprint density at radius 3 is 2.38 bits per heavy atom. The van der Waals surface area contributed by atoms with Crippen molar-refractivity contribution in [3.8, 4) is 22.8 Å². The fraction of sp³-hybridized carbons (Fsp3) is 0.273. The van der Waals surface area contributed by atoms with E-state index in [0.29, 0.717) is 41.5 Å². The molecule has 1 N–H and O–H groups in total. The van der Waals surface area contributed by atoms with Crippen molar-refractivity contribution < 1.29 is 41.8 Å². The Bertz CT molecular complexity index is 1070. The summed E-state index contributed by atoms with van der Waals surface area (Å²) in [5.41, 5.74) is 0.127. The van der Waals surface area contributed by atoms with E-state index in [0.717, 1.165) is 12.1 Å². The zero-order valence-corrected chi connectivity index (χ0v) is 16.6. The van der Waals surface area contributed by atoms with Crippen molar-refractivity contribution in [3.05, 3.63) is 65.9 Å². The Labute approximate surface area is 180 Å². The molecule has 0 saturated carbocycles. The van der Waals surface area contributed by atoms with Gasteiger partial charge in [-0.05, 0) is 42.8 Å². The molecule has 0 spiro atoms. The van der Waals surface area contributed by atoms with Crippen LogP contribution < -0.4 is 9.47 Å². The van der Waals surface area contributed by atoms with Gasteiger partial charge in [-0.2, -0.15) is 13.2 Å². The Hall–Kier alpha value is -3.53. The molecule has 32 heavy (non-hydrogen) atoms. The molecule has 0 aliphatic carbocycles. The number of hydrogen-bond donors (Lipinski definition) is 1. The number of nitrogens with zero attached hydrogens (tertiary/aromatic N) is 1. The number of benzene rings is 2. The minimum atomic E-state index is -4.40. The first-order valence-electron chi connectivity index (χ1n) is 9.68. The van der Waals surface area contributed by atoms with E-state index >= 15 is 0 Å². The van der Waals surface area contributed by atoms with Crippen LogP contribution in [0.25, 0.3) is 11.3 Å². The molecule has 4 rings (SSSR count). The van der Waals surface area contributed by atoms with Gasteiger partial charge in [-0.3, -0.25) is 0 Å². The molecule has 7 nitrogen and oxygen atoms in total. The van der Waals surface area contributed by atoms with Gasteiger partial charge in [0.2, 0.25) is 0 Å². The van der Waals surface area contributed by atoms with Crippen LogP contribution in [0.2, 0.25) is 0 Å². The standard InChI is InChI=1S/C22H18F3NO6/c23-22(24,25)15-4-2-14(3-5-15)19-12-18(32-26-19)13-29-16-6-8-17(9-7-16)31-21(20(27)28)10-1-11-30-21/h2-9,12H,1,10-11,13H2,(H,27,28). The molecule has 0 bridgehead atoms. The second kappa shape index (κ2) is 8.54. The predicted molar refractivity (Wildman–Crippen MR) is 104 cm³/mol. The van der Waals surface area contributed by atoms with Crippen LogP contribution in [0.3, 0.4) is 0 Å². The number of aromatic nitrogens is 1. The molecule has 3 aromatic rings. The van der Waals surface area contributed by atoms with Gasteiger partial charge in [0.1, 0.15) is 23.8 Å². The minimum absolute atomic E-state index is 0.0377. The monoisotopic (exact) mass is 449 g/mol. The van der Waals surface area contributed by atoms with Gasteiger partial charge in [-0.25, -0.2) is 4.79 Å². The molecule has 1 saturated heterocycles.